The lowest BCUT2D eigenvalue weighted by atomic mass is 9.87. The van der Waals surface area contributed by atoms with Crippen LogP contribution in [0.5, 0.6) is 0 Å². The third-order valence-corrected chi connectivity index (χ3v) is 7.45. The summed E-state index contributed by atoms with van der Waals surface area (Å²) < 4.78 is 5.27. The van der Waals surface area contributed by atoms with Crippen molar-refractivity contribution < 1.29 is 14.1 Å². The quantitative estimate of drug-likeness (QED) is 0.568. The van der Waals surface area contributed by atoms with Crippen LogP contribution < -0.4 is 5.32 Å². The fraction of sp³-hybridized carbons (Fsp3) is 0.481. The highest BCUT2D eigenvalue weighted by Gasteiger charge is 2.40. The largest absolute Gasteiger partial charge is 0.343 e. The number of carbonyl (C=O) groups excluding carboxylic acids is 2. The molecular weight excluding hydrogens is 428 g/mol. The molecule has 5 rings (SSSR count). The van der Waals surface area contributed by atoms with Gasteiger partial charge in [-0.1, -0.05) is 67.2 Å². The molecule has 2 aromatic carbocycles. The van der Waals surface area contributed by atoms with E-state index in [0.29, 0.717) is 37.6 Å². The molecule has 3 aromatic rings. The first-order chi connectivity index (χ1) is 16.6. The molecule has 2 heterocycles. The Morgan fingerprint density at radius 3 is 2.41 bits per heavy atom. The third kappa shape index (κ3) is 4.43. The van der Waals surface area contributed by atoms with Gasteiger partial charge in [0.2, 0.25) is 11.8 Å². The second-order valence-electron chi connectivity index (χ2n) is 9.72. The fourth-order valence-electron chi connectivity index (χ4n) is 5.50. The van der Waals surface area contributed by atoms with Crippen LogP contribution in [0.4, 0.5) is 0 Å². The average Bonchev–Trinajstić information content (AvgIpc) is 3.18. The number of amides is 2. The van der Waals surface area contributed by atoms with Gasteiger partial charge in [-0.15, -0.1) is 0 Å². The van der Waals surface area contributed by atoms with Crippen molar-refractivity contribution in [2.75, 3.05) is 13.1 Å². The Hall–Kier alpha value is -3.22. The Bertz CT molecular complexity index is 1170. The molecule has 1 aliphatic heterocycles. The average molecular weight is 461 g/mol. The molecule has 1 saturated heterocycles. The minimum atomic E-state index is -0.554. The van der Waals surface area contributed by atoms with Crippen molar-refractivity contribution in [3.63, 3.8) is 0 Å². The van der Waals surface area contributed by atoms with Crippen LogP contribution >= 0.6 is 0 Å². The number of nitrogens with zero attached hydrogens (tertiary/aromatic N) is 3. The van der Waals surface area contributed by atoms with Gasteiger partial charge in [0.15, 0.2) is 5.82 Å². The zero-order valence-corrected chi connectivity index (χ0v) is 19.8. The van der Waals surface area contributed by atoms with Crippen molar-refractivity contribution >= 4 is 22.6 Å². The molecule has 2 fully saturated rings. The van der Waals surface area contributed by atoms with E-state index in [-0.39, 0.29) is 17.7 Å². The topological polar surface area (TPSA) is 88.3 Å². The van der Waals surface area contributed by atoms with Crippen molar-refractivity contribution in [2.24, 2.45) is 5.92 Å². The standard InChI is InChI=1S/C27H32N4O3/c1-19-28-26(30-34-19)27(15-6-2-3-7-16-27)29-24(32)21-13-17-31(18-14-21)25(33)23-12-8-10-20-9-4-5-11-22(20)23/h4-5,8-12,21H,2-3,6-7,13-18H2,1H3,(H,29,32). The lowest BCUT2D eigenvalue weighted by Gasteiger charge is -2.35. The van der Waals surface area contributed by atoms with Crippen LogP contribution in [0.2, 0.25) is 0 Å². The van der Waals surface area contributed by atoms with E-state index >= 15 is 0 Å². The van der Waals surface area contributed by atoms with Crippen molar-refractivity contribution in [3.8, 4) is 0 Å². The number of aryl methyl sites for hydroxylation is 1. The molecule has 2 amide bonds. The predicted octanol–water partition coefficient (Wildman–Crippen LogP) is 4.75. The number of carbonyl (C=O) groups is 2. The maximum atomic E-state index is 13.4. The summed E-state index contributed by atoms with van der Waals surface area (Å²) in [6, 6.07) is 13.8. The predicted molar refractivity (Wildman–Crippen MR) is 129 cm³/mol. The first kappa shape index (κ1) is 22.6. The normalized spacial score (nSPS) is 19.0. The molecule has 1 aromatic heterocycles. The molecule has 1 N–H and O–H groups in total. The molecule has 0 bridgehead atoms. The van der Waals surface area contributed by atoms with Gasteiger partial charge in [-0.25, -0.2) is 0 Å². The molecule has 7 heteroatoms. The number of benzene rings is 2. The molecule has 34 heavy (non-hydrogen) atoms. The number of piperidine rings is 1. The number of hydrogen-bond donors (Lipinski definition) is 1. The van der Waals surface area contributed by atoms with E-state index in [2.05, 4.69) is 15.5 Å². The van der Waals surface area contributed by atoms with Crippen LogP contribution in [0.15, 0.2) is 47.0 Å². The maximum absolute atomic E-state index is 13.4. The van der Waals surface area contributed by atoms with Crippen molar-refractivity contribution in [1.82, 2.24) is 20.4 Å². The maximum Gasteiger partial charge on any atom is 0.254 e. The summed E-state index contributed by atoms with van der Waals surface area (Å²) in [5, 5.41) is 9.57. The van der Waals surface area contributed by atoms with Gasteiger partial charge in [-0.3, -0.25) is 9.59 Å². The second kappa shape index (κ2) is 9.57. The van der Waals surface area contributed by atoms with Crippen LogP contribution in [-0.4, -0.2) is 39.9 Å². The van der Waals surface area contributed by atoms with Crippen LogP contribution in [0.1, 0.15) is 73.4 Å². The summed E-state index contributed by atoms with van der Waals surface area (Å²) in [6.07, 6.45) is 7.35. The molecular formula is C27H32N4O3. The van der Waals surface area contributed by atoms with Crippen molar-refractivity contribution in [2.45, 2.75) is 63.8 Å². The lowest BCUT2D eigenvalue weighted by Crippen LogP contribution is -2.51. The van der Waals surface area contributed by atoms with Crippen LogP contribution in [0, 0.1) is 12.8 Å². The number of likely N-dealkylation sites (tertiary alicyclic amines) is 1. The molecule has 0 unspecified atom stereocenters. The molecule has 1 saturated carbocycles. The summed E-state index contributed by atoms with van der Waals surface area (Å²) in [4.78, 5) is 33.0. The molecule has 0 radical (unpaired) electrons. The Balaban J connectivity index is 1.26. The molecule has 0 spiro atoms. The molecule has 1 aliphatic carbocycles. The van der Waals surface area contributed by atoms with Gasteiger partial charge in [0, 0.05) is 31.5 Å². The minimum Gasteiger partial charge on any atom is -0.343 e. The first-order valence-corrected chi connectivity index (χ1v) is 12.5. The highest BCUT2D eigenvalue weighted by Crippen LogP contribution is 2.35. The van der Waals surface area contributed by atoms with E-state index in [1.54, 1.807) is 6.92 Å². The van der Waals surface area contributed by atoms with Gasteiger partial charge in [0.05, 0.1) is 0 Å². The van der Waals surface area contributed by atoms with Gasteiger partial charge < -0.3 is 14.7 Å². The zero-order valence-electron chi connectivity index (χ0n) is 19.8. The number of nitrogens with one attached hydrogen (secondary N) is 1. The molecule has 178 valence electrons. The van der Waals surface area contributed by atoms with Gasteiger partial charge in [-0.2, -0.15) is 4.98 Å². The van der Waals surface area contributed by atoms with E-state index in [1.807, 2.05) is 47.4 Å². The third-order valence-electron chi connectivity index (χ3n) is 7.45. The van der Waals surface area contributed by atoms with Crippen molar-refractivity contribution in [3.05, 3.63) is 59.7 Å². The van der Waals surface area contributed by atoms with Gasteiger partial charge in [0.1, 0.15) is 5.54 Å². The number of rotatable bonds is 4. The SMILES string of the molecule is Cc1nc(C2(NC(=O)C3CCN(C(=O)c4cccc5ccccc45)CC3)CCCCCC2)no1. The summed E-state index contributed by atoms with van der Waals surface area (Å²) in [5.41, 5.74) is 0.173. The van der Waals surface area contributed by atoms with Crippen LogP contribution in [-0.2, 0) is 10.3 Å². The number of aromatic nitrogens is 2. The first-order valence-electron chi connectivity index (χ1n) is 12.5. The number of hydrogen-bond acceptors (Lipinski definition) is 5. The summed E-state index contributed by atoms with van der Waals surface area (Å²) >= 11 is 0. The lowest BCUT2D eigenvalue weighted by molar-refractivity contribution is -0.128. The van der Waals surface area contributed by atoms with E-state index in [4.69, 9.17) is 4.52 Å². The smallest absolute Gasteiger partial charge is 0.254 e. The summed E-state index contributed by atoms with van der Waals surface area (Å²) in [5.74, 6) is 1.08. The van der Waals surface area contributed by atoms with E-state index in [0.717, 1.165) is 54.9 Å². The van der Waals surface area contributed by atoms with Crippen molar-refractivity contribution in [1.29, 1.82) is 0 Å². The molecule has 0 atom stereocenters. The fourth-order valence-corrected chi connectivity index (χ4v) is 5.50. The Labute approximate surface area is 199 Å². The van der Waals surface area contributed by atoms with E-state index in [1.165, 1.54) is 0 Å². The Morgan fingerprint density at radius 1 is 1.00 bits per heavy atom. The van der Waals surface area contributed by atoms with E-state index < -0.39 is 5.54 Å². The Morgan fingerprint density at radius 2 is 1.71 bits per heavy atom. The monoisotopic (exact) mass is 460 g/mol. The van der Waals surface area contributed by atoms with E-state index in [9.17, 15) is 9.59 Å². The van der Waals surface area contributed by atoms with Crippen LogP contribution in [0.3, 0.4) is 0 Å². The van der Waals surface area contributed by atoms with Crippen LogP contribution in [0.25, 0.3) is 10.8 Å². The second-order valence-corrected chi connectivity index (χ2v) is 9.72. The molecule has 7 nitrogen and oxygen atoms in total. The Kier molecular flexibility index (Phi) is 6.35. The highest BCUT2D eigenvalue weighted by molar-refractivity contribution is 6.07. The highest BCUT2D eigenvalue weighted by atomic mass is 16.5. The van der Waals surface area contributed by atoms with Gasteiger partial charge in [0.25, 0.3) is 5.91 Å². The number of fused-ring (bicyclic) bond motifs is 1. The van der Waals surface area contributed by atoms with Gasteiger partial charge in [-0.05, 0) is 42.5 Å². The van der Waals surface area contributed by atoms with Gasteiger partial charge >= 0.3 is 0 Å². The molecule has 2 aliphatic rings. The summed E-state index contributed by atoms with van der Waals surface area (Å²) in [6.45, 7) is 2.94. The summed E-state index contributed by atoms with van der Waals surface area (Å²) in [7, 11) is 0. The zero-order chi connectivity index (χ0) is 23.5. The minimum absolute atomic E-state index is 0.0400.